The standard InChI is InChI=1S/C13H22N4O/c1-4-12-11(9-16(3)15-12)13(18)17-7-5-6-10(17)8-14-2/h9-10,14H,4-8H2,1-3H3. The smallest absolute Gasteiger partial charge is 0.257 e. The Hall–Kier alpha value is -1.36. The van der Waals surface area contributed by atoms with E-state index in [2.05, 4.69) is 10.4 Å². The third kappa shape index (κ3) is 2.41. The average molecular weight is 250 g/mol. The van der Waals surface area contributed by atoms with Crippen LogP contribution in [0.25, 0.3) is 0 Å². The summed E-state index contributed by atoms with van der Waals surface area (Å²) < 4.78 is 1.73. The van der Waals surface area contributed by atoms with Crippen molar-refractivity contribution in [3.63, 3.8) is 0 Å². The van der Waals surface area contributed by atoms with Crippen molar-refractivity contribution in [1.29, 1.82) is 0 Å². The monoisotopic (exact) mass is 250 g/mol. The summed E-state index contributed by atoms with van der Waals surface area (Å²) in [5.74, 6) is 0.137. The quantitative estimate of drug-likeness (QED) is 0.860. The van der Waals surface area contributed by atoms with E-state index in [-0.39, 0.29) is 5.91 Å². The van der Waals surface area contributed by atoms with Crippen LogP contribution in [0.4, 0.5) is 0 Å². The lowest BCUT2D eigenvalue weighted by Gasteiger charge is -2.24. The van der Waals surface area contributed by atoms with Gasteiger partial charge in [-0.15, -0.1) is 0 Å². The predicted octanol–water partition coefficient (Wildman–Crippen LogP) is 0.806. The number of hydrogen-bond acceptors (Lipinski definition) is 3. The Morgan fingerprint density at radius 3 is 3.06 bits per heavy atom. The van der Waals surface area contributed by atoms with Crippen LogP contribution in [0.1, 0.15) is 35.8 Å². The van der Waals surface area contributed by atoms with Crippen LogP contribution < -0.4 is 5.32 Å². The second-order valence-electron chi connectivity index (χ2n) is 4.87. The second kappa shape index (κ2) is 5.52. The number of aromatic nitrogens is 2. The number of nitrogens with one attached hydrogen (secondary N) is 1. The van der Waals surface area contributed by atoms with Gasteiger partial charge in [0, 0.05) is 32.4 Å². The first-order valence-corrected chi connectivity index (χ1v) is 6.65. The molecule has 1 atom stereocenters. The van der Waals surface area contributed by atoms with Crippen molar-refractivity contribution in [2.45, 2.75) is 32.2 Å². The largest absolute Gasteiger partial charge is 0.334 e. The van der Waals surface area contributed by atoms with Gasteiger partial charge in [0.1, 0.15) is 0 Å². The highest BCUT2D eigenvalue weighted by Crippen LogP contribution is 2.21. The Labute approximate surface area is 108 Å². The zero-order valence-corrected chi connectivity index (χ0v) is 11.4. The Bertz CT molecular complexity index is 427. The maximum absolute atomic E-state index is 12.6. The molecule has 0 spiro atoms. The molecule has 100 valence electrons. The summed E-state index contributed by atoms with van der Waals surface area (Å²) in [7, 11) is 3.80. The average Bonchev–Trinajstić information content (AvgIpc) is 2.95. The number of likely N-dealkylation sites (tertiary alicyclic amines) is 1. The summed E-state index contributed by atoms with van der Waals surface area (Å²) in [6.45, 7) is 3.77. The Morgan fingerprint density at radius 2 is 2.39 bits per heavy atom. The number of amides is 1. The lowest BCUT2D eigenvalue weighted by atomic mass is 10.1. The zero-order valence-electron chi connectivity index (χ0n) is 11.4. The van der Waals surface area contributed by atoms with Crippen LogP contribution in [0, 0.1) is 0 Å². The molecule has 0 saturated carbocycles. The van der Waals surface area contributed by atoms with Crippen molar-refractivity contribution in [2.75, 3.05) is 20.1 Å². The number of hydrogen-bond donors (Lipinski definition) is 1. The van der Waals surface area contributed by atoms with Gasteiger partial charge >= 0.3 is 0 Å². The van der Waals surface area contributed by atoms with Gasteiger partial charge in [0.05, 0.1) is 11.3 Å². The van der Waals surface area contributed by atoms with Gasteiger partial charge in [-0.1, -0.05) is 6.92 Å². The zero-order chi connectivity index (χ0) is 13.1. The van der Waals surface area contributed by atoms with Gasteiger partial charge in [-0.25, -0.2) is 0 Å². The molecule has 1 aromatic heterocycles. The summed E-state index contributed by atoms with van der Waals surface area (Å²) in [6, 6.07) is 0.326. The number of aryl methyl sites for hydroxylation is 2. The van der Waals surface area contributed by atoms with Crippen LogP contribution >= 0.6 is 0 Å². The van der Waals surface area contributed by atoms with Gasteiger partial charge in [-0.2, -0.15) is 5.10 Å². The van der Waals surface area contributed by atoms with Gasteiger partial charge < -0.3 is 10.2 Å². The van der Waals surface area contributed by atoms with Crippen molar-refractivity contribution in [3.8, 4) is 0 Å². The summed E-state index contributed by atoms with van der Waals surface area (Å²) >= 11 is 0. The Balaban J connectivity index is 2.19. The number of carbonyl (C=O) groups excluding carboxylic acids is 1. The van der Waals surface area contributed by atoms with E-state index >= 15 is 0 Å². The van der Waals surface area contributed by atoms with Crippen LogP contribution in [0.15, 0.2) is 6.20 Å². The van der Waals surface area contributed by atoms with Crippen LogP contribution in [0.5, 0.6) is 0 Å². The summed E-state index contributed by atoms with van der Waals surface area (Å²) in [6.07, 6.45) is 4.83. The van der Waals surface area contributed by atoms with E-state index in [1.54, 1.807) is 4.68 Å². The highest BCUT2D eigenvalue weighted by molar-refractivity contribution is 5.95. The normalized spacial score (nSPS) is 19.5. The first kappa shape index (κ1) is 13.1. The van der Waals surface area contributed by atoms with E-state index in [4.69, 9.17) is 0 Å². The van der Waals surface area contributed by atoms with E-state index in [0.717, 1.165) is 43.6 Å². The van der Waals surface area contributed by atoms with Crippen molar-refractivity contribution in [2.24, 2.45) is 7.05 Å². The molecule has 5 heteroatoms. The summed E-state index contributed by atoms with van der Waals surface area (Å²) in [5, 5.41) is 7.51. The van der Waals surface area contributed by atoms with E-state index in [1.807, 2.05) is 32.1 Å². The van der Waals surface area contributed by atoms with E-state index in [9.17, 15) is 4.79 Å². The fourth-order valence-corrected chi connectivity index (χ4v) is 2.68. The van der Waals surface area contributed by atoms with E-state index < -0.39 is 0 Å². The Morgan fingerprint density at radius 1 is 1.61 bits per heavy atom. The third-order valence-electron chi connectivity index (χ3n) is 3.55. The van der Waals surface area contributed by atoms with E-state index in [1.165, 1.54) is 0 Å². The maximum Gasteiger partial charge on any atom is 0.257 e. The SMILES string of the molecule is CCc1nn(C)cc1C(=O)N1CCCC1CNC. The predicted molar refractivity (Wildman–Crippen MR) is 70.6 cm³/mol. The maximum atomic E-state index is 12.6. The first-order chi connectivity index (χ1) is 8.67. The molecule has 0 bridgehead atoms. The van der Waals surface area contributed by atoms with Gasteiger partial charge in [0.15, 0.2) is 0 Å². The first-order valence-electron chi connectivity index (χ1n) is 6.65. The number of rotatable bonds is 4. The molecule has 1 aromatic rings. The molecular formula is C13H22N4O. The molecule has 0 aliphatic carbocycles. The summed E-state index contributed by atoms with van der Waals surface area (Å²) in [5.41, 5.74) is 1.67. The fourth-order valence-electron chi connectivity index (χ4n) is 2.68. The summed E-state index contributed by atoms with van der Waals surface area (Å²) in [4.78, 5) is 14.6. The second-order valence-corrected chi connectivity index (χ2v) is 4.87. The van der Waals surface area contributed by atoms with Crippen LogP contribution in [-0.2, 0) is 13.5 Å². The van der Waals surface area contributed by atoms with Crippen LogP contribution in [0.3, 0.4) is 0 Å². The molecule has 1 saturated heterocycles. The molecule has 1 aliphatic heterocycles. The van der Waals surface area contributed by atoms with Gasteiger partial charge in [0.2, 0.25) is 0 Å². The van der Waals surface area contributed by atoms with Crippen molar-refractivity contribution < 1.29 is 4.79 Å². The van der Waals surface area contributed by atoms with Gasteiger partial charge in [-0.05, 0) is 26.3 Å². The topological polar surface area (TPSA) is 50.2 Å². The lowest BCUT2D eigenvalue weighted by molar-refractivity contribution is 0.0736. The molecule has 0 radical (unpaired) electrons. The minimum absolute atomic E-state index is 0.137. The molecule has 5 nitrogen and oxygen atoms in total. The highest BCUT2D eigenvalue weighted by Gasteiger charge is 2.30. The molecule has 2 heterocycles. The third-order valence-corrected chi connectivity index (χ3v) is 3.55. The molecule has 1 N–H and O–H groups in total. The van der Waals surface area contributed by atoms with Crippen LogP contribution in [-0.4, -0.2) is 46.8 Å². The minimum atomic E-state index is 0.137. The van der Waals surface area contributed by atoms with Crippen molar-refractivity contribution >= 4 is 5.91 Å². The molecule has 1 unspecified atom stereocenters. The number of likely N-dealkylation sites (N-methyl/N-ethyl adjacent to an activating group) is 1. The molecular weight excluding hydrogens is 228 g/mol. The fraction of sp³-hybridized carbons (Fsp3) is 0.692. The molecule has 2 rings (SSSR count). The molecule has 1 amide bonds. The highest BCUT2D eigenvalue weighted by atomic mass is 16.2. The van der Waals surface area contributed by atoms with Crippen molar-refractivity contribution in [1.82, 2.24) is 20.0 Å². The van der Waals surface area contributed by atoms with Crippen molar-refractivity contribution in [3.05, 3.63) is 17.5 Å². The molecule has 1 fully saturated rings. The molecule has 0 aromatic carbocycles. The molecule has 1 aliphatic rings. The van der Waals surface area contributed by atoms with Crippen LogP contribution in [0.2, 0.25) is 0 Å². The lowest BCUT2D eigenvalue weighted by Crippen LogP contribution is -2.41. The molecule has 18 heavy (non-hydrogen) atoms. The number of carbonyl (C=O) groups is 1. The van der Waals surface area contributed by atoms with E-state index in [0.29, 0.717) is 6.04 Å². The number of nitrogens with zero attached hydrogens (tertiary/aromatic N) is 3. The van der Waals surface area contributed by atoms with Gasteiger partial charge in [0.25, 0.3) is 5.91 Å². The van der Waals surface area contributed by atoms with Gasteiger partial charge in [-0.3, -0.25) is 9.48 Å². The Kier molecular flexibility index (Phi) is 4.01. The minimum Gasteiger partial charge on any atom is -0.334 e.